The molecule has 2 saturated carbocycles. The molecule has 0 aromatic heterocycles. The molecule has 0 saturated heterocycles. The van der Waals surface area contributed by atoms with Crippen molar-refractivity contribution in [2.45, 2.75) is 59.0 Å². The zero-order chi connectivity index (χ0) is 17.3. The molecule has 3 aliphatic carbocycles. The predicted octanol–water partition coefficient (Wildman–Crippen LogP) is 4.71. The lowest BCUT2D eigenvalue weighted by Crippen LogP contribution is -2.55. The molecule has 4 aliphatic rings. The smallest absolute Gasteiger partial charge is 0.223 e. The van der Waals surface area contributed by atoms with E-state index in [-0.39, 0.29) is 17.1 Å². The van der Waals surface area contributed by atoms with Crippen LogP contribution in [0.1, 0.15) is 53.4 Å². The van der Waals surface area contributed by atoms with Crippen molar-refractivity contribution >= 4 is 5.78 Å². The quantitative estimate of drug-likeness (QED) is 0.700. The molecule has 2 fully saturated rings. The van der Waals surface area contributed by atoms with E-state index in [1.165, 1.54) is 25.3 Å². The molecule has 24 heavy (non-hydrogen) atoms. The number of allylic oxidation sites excluding steroid dienone is 2. The van der Waals surface area contributed by atoms with Crippen molar-refractivity contribution in [3.8, 4) is 0 Å². The average molecular weight is 328 g/mol. The molecule has 0 aromatic rings. The normalized spacial score (nSPS) is 43.3. The fraction of sp³-hybridized carbons (Fsp3) is 0.667. The number of hydrogen-bond donors (Lipinski definition) is 1. The third-order valence-corrected chi connectivity index (χ3v) is 7.23. The van der Waals surface area contributed by atoms with Gasteiger partial charge in [0, 0.05) is 17.6 Å². The number of carbonyl (C=O) groups is 1. The highest BCUT2D eigenvalue weighted by atomic mass is 16.5. The number of aliphatic hydroxyl groups excluding tert-OH is 1. The molecule has 0 amide bonds. The molecule has 1 unspecified atom stereocenters. The van der Waals surface area contributed by atoms with Crippen LogP contribution in [0.2, 0.25) is 0 Å². The van der Waals surface area contributed by atoms with E-state index in [1.54, 1.807) is 6.08 Å². The first-order valence-electron chi connectivity index (χ1n) is 9.29. The summed E-state index contributed by atoms with van der Waals surface area (Å²) in [7, 11) is 0. The van der Waals surface area contributed by atoms with E-state index in [1.807, 2.05) is 0 Å². The minimum Gasteiger partial charge on any atom is -0.504 e. The van der Waals surface area contributed by atoms with Gasteiger partial charge in [-0.05, 0) is 61.9 Å². The lowest BCUT2D eigenvalue weighted by atomic mass is 9.49. The first kappa shape index (κ1) is 16.0. The van der Waals surface area contributed by atoms with Gasteiger partial charge in [0.2, 0.25) is 5.78 Å². The SMILES string of the molecule is C[C@@H]1CCC(C)(C)[C@@H]2CC[C@]3(C)OC4=CC(=O)C(O)=CC4=C[C@@H]3C12. The summed E-state index contributed by atoms with van der Waals surface area (Å²) in [5.41, 5.74) is 1.03. The zero-order valence-electron chi connectivity index (χ0n) is 15.1. The van der Waals surface area contributed by atoms with Gasteiger partial charge in [0.1, 0.15) is 11.4 Å². The number of aliphatic hydroxyl groups is 1. The fourth-order valence-electron chi connectivity index (χ4n) is 5.73. The van der Waals surface area contributed by atoms with Gasteiger partial charge in [0.25, 0.3) is 0 Å². The van der Waals surface area contributed by atoms with Gasteiger partial charge in [0.15, 0.2) is 5.76 Å². The van der Waals surface area contributed by atoms with Crippen LogP contribution in [0.4, 0.5) is 0 Å². The van der Waals surface area contributed by atoms with Gasteiger partial charge in [-0.2, -0.15) is 0 Å². The summed E-state index contributed by atoms with van der Waals surface area (Å²) in [4.78, 5) is 11.8. The lowest BCUT2D eigenvalue weighted by Gasteiger charge is -2.58. The first-order chi connectivity index (χ1) is 11.2. The summed E-state index contributed by atoms with van der Waals surface area (Å²) >= 11 is 0. The standard InChI is InChI=1S/C21H28O3/c1-12-5-7-20(2,3)14-6-8-21(4)15(19(12)14)9-13-10-16(22)17(23)11-18(13)24-21/h9-12,14-15,19,22H,5-8H2,1-4H3/t12-,14-,15-,19?,21+/m1/s1. The van der Waals surface area contributed by atoms with E-state index in [9.17, 15) is 9.90 Å². The van der Waals surface area contributed by atoms with E-state index in [0.29, 0.717) is 34.8 Å². The number of hydrogen-bond acceptors (Lipinski definition) is 3. The first-order valence-corrected chi connectivity index (χ1v) is 9.29. The third kappa shape index (κ3) is 2.20. The summed E-state index contributed by atoms with van der Waals surface area (Å²) in [6.45, 7) is 9.44. The van der Waals surface area contributed by atoms with Crippen LogP contribution in [0.5, 0.6) is 0 Å². The van der Waals surface area contributed by atoms with E-state index < -0.39 is 0 Å². The van der Waals surface area contributed by atoms with Gasteiger partial charge < -0.3 is 9.84 Å². The summed E-state index contributed by atoms with van der Waals surface area (Å²) in [5.74, 6) is 2.45. The Morgan fingerprint density at radius 1 is 1.17 bits per heavy atom. The Morgan fingerprint density at radius 3 is 2.67 bits per heavy atom. The molecular weight excluding hydrogens is 300 g/mol. The largest absolute Gasteiger partial charge is 0.504 e. The molecule has 4 rings (SSSR count). The number of ketones is 1. The van der Waals surface area contributed by atoms with Crippen molar-refractivity contribution in [1.29, 1.82) is 0 Å². The Bertz CT molecular complexity index is 681. The highest BCUT2D eigenvalue weighted by Crippen LogP contribution is 2.59. The van der Waals surface area contributed by atoms with Crippen molar-refractivity contribution in [2.24, 2.45) is 29.1 Å². The van der Waals surface area contributed by atoms with Crippen LogP contribution in [0.25, 0.3) is 0 Å². The van der Waals surface area contributed by atoms with Crippen molar-refractivity contribution in [1.82, 2.24) is 0 Å². The summed E-state index contributed by atoms with van der Waals surface area (Å²) in [5, 5.41) is 9.81. The van der Waals surface area contributed by atoms with Gasteiger partial charge in [0.05, 0.1) is 0 Å². The number of carbonyl (C=O) groups excluding carboxylic acids is 1. The molecule has 1 aliphatic heterocycles. The molecule has 3 nitrogen and oxygen atoms in total. The van der Waals surface area contributed by atoms with Crippen molar-refractivity contribution in [3.63, 3.8) is 0 Å². The van der Waals surface area contributed by atoms with Crippen LogP contribution in [-0.4, -0.2) is 16.5 Å². The van der Waals surface area contributed by atoms with Crippen LogP contribution in [0.3, 0.4) is 0 Å². The summed E-state index contributed by atoms with van der Waals surface area (Å²) in [6.07, 6.45) is 10.1. The Hall–Kier alpha value is -1.51. The second-order valence-electron chi connectivity index (χ2n) is 9.19. The Labute approximate surface area is 144 Å². The van der Waals surface area contributed by atoms with Crippen LogP contribution < -0.4 is 0 Å². The van der Waals surface area contributed by atoms with Crippen molar-refractivity contribution in [2.75, 3.05) is 0 Å². The maximum Gasteiger partial charge on any atom is 0.223 e. The van der Waals surface area contributed by atoms with Gasteiger partial charge in [-0.15, -0.1) is 0 Å². The Morgan fingerprint density at radius 2 is 1.92 bits per heavy atom. The molecule has 0 radical (unpaired) electrons. The molecule has 130 valence electrons. The lowest BCUT2D eigenvalue weighted by molar-refractivity contribution is -0.134. The average Bonchev–Trinajstić information content (AvgIpc) is 2.50. The van der Waals surface area contributed by atoms with E-state index in [4.69, 9.17) is 4.74 Å². The molecular formula is C21H28O3. The maximum atomic E-state index is 11.8. The second kappa shape index (κ2) is 5.00. The number of ether oxygens (including phenoxy) is 1. The van der Waals surface area contributed by atoms with Crippen molar-refractivity contribution < 1.29 is 14.6 Å². The number of rotatable bonds is 0. The van der Waals surface area contributed by atoms with Gasteiger partial charge in [-0.3, -0.25) is 4.79 Å². The zero-order valence-corrected chi connectivity index (χ0v) is 15.1. The highest BCUT2D eigenvalue weighted by molar-refractivity contribution is 6.04. The Balaban J connectivity index is 1.78. The predicted molar refractivity (Wildman–Crippen MR) is 93.3 cm³/mol. The monoisotopic (exact) mass is 328 g/mol. The van der Waals surface area contributed by atoms with Gasteiger partial charge >= 0.3 is 0 Å². The molecule has 1 heterocycles. The van der Waals surface area contributed by atoms with Crippen LogP contribution >= 0.6 is 0 Å². The third-order valence-electron chi connectivity index (χ3n) is 7.23. The van der Waals surface area contributed by atoms with Gasteiger partial charge in [-0.1, -0.05) is 26.8 Å². The van der Waals surface area contributed by atoms with E-state index in [0.717, 1.165) is 12.0 Å². The maximum absolute atomic E-state index is 11.8. The highest BCUT2D eigenvalue weighted by Gasteiger charge is 2.56. The van der Waals surface area contributed by atoms with E-state index >= 15 is 0 Å². The fourth-order valence-corrected chi connectivity index (χ4v) is 5.73. The minimum absolute atomic E-state index is 0.179. The van der Waals surface area contributed by atoms with Crippen LogP contribution in [-0.2, 0) is 9.53 Å². The molecule has 5 atom stereocenters. The van der Waals surface area contributed by atoms with Gasteiger partial charge in [-0.25, -0.2) is 0 Å². The molecule has 0 spiro atoms. The molecule has 0 bridgehead atoms. The summed E-state index contributed by atoms with van der Waals surface area (Å²) < 4.78 is 6.38. The molecule has 3 heteroatoms. The second-order valence-corrected chi connectivity index (χ2v) is 9.19. The van der Waals surface area contributed by atoms with Crippen molar-refractivity contribution in [3.05, 3.63) is 35.3 Å². The van der Waals surface area contributed by atoms with Crippen LogP contribution in [0.15, 0.2) is 35.3 Å². The number of fused-ring (bicyclic) bond motifs is 4. The van der Waals surface area contributed by atoms with Crippen LogP contribution in [0, 0.1) is 29.1 Å². The Kier molecular flexibility index (Phi) is 3.33. The van der Waals surface area contributed by atoms with E-state index in [2.05, 4.69) is 33.8 Å². The topological polar surface area (TPSA) is 46.5 Å². The summed E-state index contributed by atoms with van der Waals surface area (Å²) in [6, 6.07) is 0. The minimum atomic E-state index is -0.356. The molecule has 1 N–H and O–H groups in total. The molecule has 0 aromatic carbocycles.